The molecule has 0 bridgehead atoms. The number of nitrogens with zero attached hydrogens (tertiary/aromatic N) is 1. The van der Waals surface area contributed by atoms with E-state index in [0.717, 1.165) is 63.7 Å². The van der Waals surface area contributed by atoms with Crippen LogP contribution in [0.4, 0.5) is 0 Å². The summed E-state index contributed by atoms with van der Waals surface area (Å²) in [5.41, 5.74) is 1.48. The second-order valence-electron chi connectivity index (χ2n) is 13.6. The lowest BCUT2D eigenvalue weighted by Crippen LogP contribution is -2.55. The van der Waals surface area contributed by atoms with Crippen LogP contribution in [0.2, 0.25) is 0 Å². The Hall–Kier alpha value is -1.95. The van der Waals surface area contributed by atoms with Gasteiger partial charge in [-0.05, 0) is 86.5 Å². The fraction of sp³-hybridized carbons (Fsp3) is 0.727. The molecule has 0 aromatic heterocycles. The van der Waals surface area contributed by atoms with Crippen LogP contribution in [0.3, 0.4) is 0 Å². The predicted molar refractivity (Wildman–Crippen MR) is 147 cm³/mol. The number of benzene rings is 1. The lowest BCUT2D eigenvalue weighted by molar-refractivity contribution is -0.208. The quantitative estimate of drug-likeness (QED) is 0.478. The number of ether oxygens (including phenoxy) is 4. The van der Waals surface area contributed by atoms with Crippen LogP contribution in [-0.4, -0.2) is 53.3 Å². The molecule has 2 saturated heterocycles. The van der Waals surface area contributed by atoms with Gasteiger partial charge in [0.25, 0.3) is 0 Å². The number of fused-ring (bicyclic) bond motifs is 4. The standard InChI is InChI=1S/C33H43NO6/c1-30-20-25(22-5-7-23(8-6-22)40-28-4-2-3-17-37-28)29-24(26(30)10-13-32(30,36)15-16-34)9-12-31(35)21-33(14-11-27(29)31)38-18-19-39-33/h5-8,24-26,28,35-36H,2-4,9-15,17-21H2,1H3/t24-,25+,26-,28?,30-,31+,32+/m0/s1. The fourth-order valence-electron chi connectivity index (χ4n) is 9.56. The van der Waals surface area contributed by atoms with E-state index in [1.807, 2.05) is 12.1 Å². The normalized spacial score (nSPS) is 42.1. The summed E-state index contributed by atoms with van der Waals surface area (Å²) in [7, 11) is 0. The van der Waals surface area contributed by atoms with E-state index >= 15 is 0 Å². The molecule has 6 aliphatic rings. The van der Waals surface area contributed by atoms with Crippen LogP contribution in [0.25, 0.3) is 0 Å². The Balaban J connectivity index is 1.27. The molecule has 1 unspecified atom stereocenters. The summed E-state index contributed by atoms with van der Waals surface area (Å²) in [5, 5.41) is 33.8. The Bertz CT molecular complexity index is 1190. The first-order chi connectivity index (χ1) is 19.3. The molecule has 7 nitrogen and oxygen atoms in total. The second-order valence-corrected chi connectivity index (χ2v) is 13.6. The average Bonchev–Trinajstić information content (AvgIpc) is 3.50. The summed E-state index contributed by atoms with van der Waals surface area (Å²) in [6, 6.07) is 10.7. The summed E-state index contributed by atoms with van der Waals surface area (Å²) in [6.45, 7) is 4.15. The van der Waals surface area contributed by atoms with E-state index in [2.05, 4.69) is 25.1 Å². The smallest absolute Gasteiger partial charge is 0.199 e. The molecule has 1 aromatic carbocycles. The third-order valence-corrected chi connectivity index (χ3v) is 11.6. The number of hydrogen-bond donors (Lipinski definition) is 2. The van der Waals surface area contributed by atoms with E-state index in [1.165, 1.54) is 16.7 Å². The summed E-state index contributed by atoms with van der Waals surface area (Å²) in [4.78, 5) is 0. The predicted octanol–water partition coefficient (Wildman–Crippen LogP) is 5.51. The zero-order valence-electron chi connectivity index (χ0n) is 23.7. The summed E-state index contributed by atoms with van der Waals surface area (Å²) in [6.07, 6.45) is 9.05. The molecule has 4 aliphatic carbocycles. The van der Waals surface area contributed by atoms with Crippen molar-refractivity contribution in [3.05, 3.63) is 41.0 Å². The molecule has 40 heavy (non-hydrogen) atoms. The Kier molecular flexibility index (Phi) is 6.60. The monoisotopic (exact) mass is 549 g/mol. The zero-order chi connectivity index (χ0) is 27.6. The Morgan fingerprint density at radius 3 is 2.52 bits per heavy atom. The third-order valence-electron chi connectivity index (χ3n) is 11.6. The van der Waals surface area contributed by atoms with Gasteiger partial charge in [0.2, 0.25) is 0 Å². The molecule has 216 valence electrons. The third kappa shape index (κ3) is 4.17. The lowest BCUT2D eigenvalue weighted by atomic mass is 9.49. The second kappa shape index (κ2) is 9.81. The minimum Gasteiger partial charge on any atom is -0.465 e. The molecular formula is C33H43NO6. The Morgan fingerprint density at radius 2 is 1.80 bits per heavy atom. The van der Waals surface area contributed by atoms with Gasteiger partial charge in [-0.1, -0.05) is 24.6 Å². The fourth-order valence-corrected chi connectivity index (χ4v) is 9.56. The van der Waals surface area contributed by atoms with Gasteiger partial charge in [0.05, 0.1) is 43.5 Å². The largest absolute Gasteiger partial charge is 0.465 e. The zero-order valence-corrected chi connectivity index (χ0v) is 23.7. The van der Waals surface area contributed by atoms with Crippen molar-refractivity contribution in [1.82, 2.24) is 0 Å². The van der Waals surface area contributed by atoms with Gasteiger partial charge < -0.3 is 29.2 Å². The number of aliphatic hydroxyl groups is 2. The molecule has 2 aliphatic heterocycles. The van der Waals surface area contributed by atoms with Crippen LogP contribution in [0, 0.1) is 28.6 Å². The Morgan fingerprint density at radius 1 is 1.00 bits per heavy atom. The van der Waals surface area contributed by atoms with Crippen molar-refractivity contribution in [2.75, 3.05) is 19.8 Å². The van der Waals surface area contributed by atoms with E-state index < -0.39 is 17.0 Å². The lowest BCUT2D eigenvalue weighted by Gasteiger charge is -2.57. The van der Waals surface area contributed by atoms with Crippen LogP contribution < -0.4 is 4.74 Å². The van der Waals surface area contributed by atoms with Crippen molar-refractivity contribution in [3.8, 4) is 11.8 Å². The van der Waals surface area contributed by atoms with E-state index in [9.17, 15) is 15.5 Å². The van der Waals surface area contributed by atoms with Crippen molar-refractivity contribution < 1.29 is 29.2 Å². The SMILES string of the molecule is C[C@]12C[C@H](c3ccc(OC4CCCCO4)cc3)C3=C4CCC5(C[C@]4(O)CC[C@H]3[C@@H]1CC[C@@]2(O)CC#N)OCCO5. The highest BCUT2D eigenvalue weighted by molar-refractivity contribution is 5.45. The first-order valence-electron chi connectivity index (χ1n) is 15.5. The van der Waals surface area contributed by atoms with Crippen LogP contribution in [0.5, 0.6) is 5.75 Å². The average molecular weight is 550 g/mol. The molecule has 7 heteroatoms. The van der Waals surface area contributed by atoms with Gasteiger partial charge in [0.1, 0.15) is 5.75 Å². The first kappa shape index (κ1) is 26.9. The highest BCUT2D eigenvalue weighted by Gasteiger charge is 2.64. The molecule has 7 rings (SSSR count). The maximum atomic E-state index is 12.2. The van der Waals surface area contributed by atoms with Gasteiger partial charge in [0.15, 0.2) is 12.1 Å². The van der Waals surface area contributed by atoms with Crippen molar-refractivity contribution in [1.29, 1.82) is 5.26 Å². The highest BCUT2D eigenvalue weighted by Crippen LogP contribution is 2.68. The molecule has 3 saturated carbocycles. The molecule has 1 aromatic rings. The van der Waals surface area contributed by atoms with Crippen LogP contribution >= 0.6 is 0 Å². The minimum absolute atomic E-state index is 0.0656. The summed E-state index contributed by atoms with van der Waals surface area (Å²) in [5.74, 6) is 0.802. The molecule has 1 spiro atoms. The minimum atomic E-state index is -0.988. The van der Waals surface area contributed by atoms with E-state index in [-0.39, 0.29) is 30.0 Å². The summed E-state index contributed by atoms with van der Waals surface area (Å²) < 4.78 is 24.1. The van der Waals surface area contributed by atoms with Gasteiger partial charge in [0, 0.05) is 30.6 Å². The van der Waals surface area contributed by atoms with Crippen LogP contribution in [-0.2, 0) is 14.2 Å². The number of hydrogen-bond acceptors (Lipinski definition) is 7. The molecule has 0 amide bonds. The topological polar surface area (TPSA) is 101 Å². The number of allylic oxidation sites excluding steroid dienone is 1. The van der Waals surface area contributed by atoms with Gasteiger partial charge in [-0.2, -0.15) is 5.26 Å². The molecular weight excluding hydrogens is 506 g/mol. The molecule has 2 N–H and O–H groups in total. The van der Waals surface area contributed by atoms with Gasteiger partial charge in [-0.3, -0.25) is 0 Å². The Labute approximate surface area is 237 Å². The number of rotatable bonds is 4. The summed E-state index contributed by atoms with van der Waals surface area (Å²) >= 11 is 0. The van der Waals surface area contributed by atoms with Crippen molar-refractivity contribution in [2.24, 2.45) is 17.3 Å². The van der Waals surface area contributed by atoms with Gasteiger partial charge in [-0.15, -0.1) is 0 Å². The molecule has 5 fully saturated rings. The van der Waals surface area contributed by atoms with Crippen LogP contribution in [0.1, 0.15) is 95.5 Å². The maximum Gasteiger partial charge on any atom is 0.199 e. The molecule has 2 heterocycles. The van der Waals surface area contributed by atoms with Crippen LogP contribution in [0.15, 0.2) is 35.4 Å². The van der Waals surface area contributed by atoms with E-state index in [1.54, 1.807) is 0 Å². The van der Waals surface area contributed by atoms with Crippen molar-refractivity contribution >= 4 is 0 Å². The first-order valence-corrected chi connectivity index (χ1v) is 15.5. The van der Waals surface area contributed by atoms with Gasteiger partial charge >= 0.3 is 0 Å². The molecule has 0 radical (unpaired) electrons. The maximum absolute atomic E-state index is 12.2. The van der Waals surface area contributed by atoms with Gasteiger partial charge in [-0.25, -0.2) is 0 Å². The molecule has 7 atom stereocenters. The van der Waals surface area contributed by atoms with Crippen molar-refractivity contribution in [2.45, 2.75) is 113 Å². The highest BCUT2D eigenvalue weighted by atomic mass is 16.7. The van der Waals surface area contributed by atoms with E-state index in [4.69, 9.17) is 18.9 Å². The van der Waals surface area contributed by atoms with E-state index in [0.29, 0.717) is 38.4 Å². The number of nitriles is 1. The van der Waals surface area contributed by atoms with Crippen molar-refractivity contribution in [3.63, 3.8) is 0 Å².